The third-order valence-corrected chi connectivity index (χ3v) is 9.96. The van der Waals surface area contributed by atoms with Crippen LogP contribution in [0.1, 0.15) is 23.1 Å². The molecule has 2 aliphatic heterocycles. The first-order valence-electron chi connectivity index (χ1n) is 13.9. The van der Waals surface area contributed by atoms with E-state index >= 15 is 9.18 Å². The van der Waals surface area contributed by atoms with Crippen LogP contribution in [0.3, 0.4) is 0 Å². The summed E-state index contributed by atoms with van der Waals surface area (Å²) in [5, 5.41) is 0. The summed E-state index contributed by atoms with van der Waals surface area (Å²) in [6, 6.07) is 10.4. The number of fused-ring (bicyclic) bond motifs is 1. The number of rotatable bonds is 8. The number of ether oxygens (including phenoxy) is 3. The fourth-order valence-electron chi connectivity index (χ4n) is 6.20. The van der Waals surface area contributed by atoms with Gasteiger partial charge in [-0.2, -0.15) is 13.2 Å². The molecular formula is C31H31F4N3O7S. The molecule has 2 aliphatic rings. The van der Waals surface area contributed by atoms with Crippen molar-refractivity contribution < 1.29 is 49.8 Å². The molecule has 15 heteroatoms. The number of sulfonamides is 1. The molecule has 0 N–H and O–H groups in total. The van der Waals surface area contributed by atoms with Crippen molar-refractivity contribution in [1.29, 1.82) is 0 Å². The van der Waals surface area contributed by atoms with Gasteiger partial charge >= 0.3 is 6.18 Å². The first kappa shape index (κ1) is 33.0. The Bertz CT molecular complexity index is 1800. The van der Waals surface area contributed by atoms with E-state index in [1.54, 1.807) is 6.07 Å². The van der Waals surface area contributed by atoms with Crippen LogP contribution >= 0.6 is 0 Å². The number of carbonyl (C=O) groups is 2. The highest BCUT2D eigenvalue weighted by Crippen LogP contribution is 2.55. The Hall–Kier alpha value is -4.37. The van der Waals surface area contributed by atoms with E-state index in [9.17, 15) is 26.4 Å². The average molecular weight is 666 g/mol. The van der Waals surface area contributed by atoms with E-state index in [-0.39, 0.29) is 22.8 Å². The molecule has 3 aromatic rings. The predicted octanol–water partition coefficient (Wildman–Crippen LogP) is 4.21. The summed E-state index contributed by atoms with van der Waals surface area (Å²) < 4.78 is 104. The number of benzene rings is 3. The predicted molar refractivity (Wildman–Crippen MR) is 158 cm³/mol. The zero-order valence-corrected chi connectivity index (χ0v) is 26.3. The van der Waals surface area contributed by atoms with E-state index < -0.39 is 80.4 Å². The molecule has 10 nitrogen and oxygen atoms in total. The lowest BCUT2D eigenvalue weighted by Crippen LogP contribution is -2.59. The van der Waals surface area contributed by atoms with E-state index in [4.69, 9.17) is 14.2 Å². The van der Waals surface area contributed by atoms with Crippen LogP contribution in [0.2, 0.25) is 0 Å². The maximum Gasteiger partial charge on any atom is 0.416 e. The Morgan fingerprint density at radius 1 is 0.935 bits per heavy atom. The van der Waals surface area contributed by atoms with Gasteiger partial charge in [-0.25, -0.2) is 17.1 Å². The number of nitrogens with zero attached hydrogens (tertiary/aromatic N) is 3. The standard InChI is InChI=1S/C31H31F4N3O7S/c1-36(2)28(39)24-15-19(32)17-37(24)30(21-8-6-7-9-25(21)44-4)22-14-18(31(33,34)35)10-12-23(22)38(29(30)40)46(41,42)27-13-11-20(43-3)16-26(27)45-5/h6-14,16,19,24H,15,17H2,1-5H3/t19-,24+,30?/m1/s1. The normalized spacial score (nSPS) is 21.7. The van der Waals surface area contributed by atoms with E-state index in [1.807, 2.05) is 0 Å². The molecule has 3 atom stereocenters. The topological polar surface area (TPSA) is 106 Å². The summed E-state index contributed by atoms with van der Waals surface area (Å²) in [5.41, 5.74) is -4.56. The van der Waals surface area contributed by atoms with Crippen molar-refractivity contribution in [3.05, 3.63) is 77.4 Å². The fourth-order valence-corrected chi connectivity index (χ4v) is 7.80. The van der Waals surface area contributed by atoms with Gasteiger partial charge < -0.3 is 19.1 Å². The molecular weight excluding hydrogens is 634 g/mol. The summed E-state index contributed by atoms with van der Waals surface area (Å²) in [4.78, 5) is 30.5. The van der Waals surface area contributed by atoms with Crippen LogP contribution in [0.25, 0.3) is 0 Å². The van der Waals surface area contributed by atoms with Crippen molar-refractivity contribution in [3.63, 3.8) is 0 Å². The van der Waals surface area contributed by atoms with Gasteiger partial charge in [0.25, 0.3) is 15.9 Å². The van der Waals surface area contributed by atoms with E-state index in [0.29, 0.717) is 16.4 Å². The van der Waals surface area contributed by atoms with Crippen molar-refractivity contribution in [2.75, 3.05) is 46.3 Å². The lowest BCUT2D eigenvalue weighted by molar-refractivity contribution is -0.140. The quantitative estimate of drug-likeness (QED) is 0.330. The SMILES string of the molecule is COc1ccc(S(=O)(=O)N2C(=O)C(c3ccccc3OC)(N3C[C@H](F)C[C@H]3C(=O)N(C)C)c3cc(C(F)(F)F)ccc32)c(OC)c1. The second-order valence-electron chi connectivity index (χ2n) is 11.0. The second-order valence-corrected chi connectivity index (χ2v) is 12.7. The molecule has 0 spiro atoms. The first-order chi connectivity index (χ1) is 21.6. The molecule has 0 saturated carbocycles. The number of halogens is 4. The van der Waals surface area contributed by atoms with Gasteiger partial charge in [-0.15, -0.1) is 0 Å². The molecule has 2 amide bonds. The van der Waals surface area contributed by atoms with Crippen LogP contribution in [0, 0.1) is 0 Å². The molecule has 0 aliphatic carbocycles. The van der Waals surface area contributed by atoms with Gasteiger partial charge in [-0.3, -0.25) is 14.5 Å². The zero-order valence-electron chi connectivity index (χ0n) is 25.5. The molecule has 1 saturated heterocycles. The van der Waals surface area contributed by atoms with Crippen LogP contribution in [0.5, 0.6) is 17.2 Å². The molecule has 5 rings (SSSR count). The zero-order chi connectivity index (χ0) is 33.8. The number of likely N-dealkylation sites (N-methyl/N-ethyl adjacent to an activating group) is 1. The fraction of sp³-hybridized carbons (Fsp3) is 0.355. The van der Waals surface area contributed by atoms with Crippen molar-refractivity contribution in [2.24, 2.45) is 0 Å². The maximum atomic E-state index is 15.4. The molecule has 0 aromatic heterocycles. The molecule has 2 heterocycles. The number of amides is 2. The monoisotopic (exact) mass is 665 g/mol. The van der Waals surface area contributed by atoms with Gasteiger partial charge in [-0.1, -0.05) is 18.2 Å². The maximum absolute atomic E-state index is 15.4. The van der Waals surface area contributed by atoms with Crippen molar-refractivity contribution >= 4 is 27.5 Å². The van der Waals surface area contributed by atoms with E-state index in [1.165, 1.54) is 70.7 Å². The highest BCUT2D eigenvalue weighted by atomic mass is 32.2. The Morgan fingerprint density at radius 3 is 2.22 bits per heavy atom. The molecule has 0 radical (unpaired) electrons. The number of para-hydroxylation sites is 1. The van der Waals surface area contributed by atoms with Gasteiger partial charge in [0.05, 0.1) is 38.6 Å². The number of alkyl halides is 4. The summed E-state index contributed by atoms with van der Waals surface area (Å²) in [6.07, 6.45) is -6.99. The Labute approximate surface area is 263 Å². The van der Waals surface area contributed by atoms with Gasteiger partial charge in [0.15, 0.2) is 5.54 Å². The molecule has 46 heavy (non-hydrogen) atoms. The average Bonchev–Trinajstić information content (AvgIpc) is 3.54. The van der Waals surface area contributed by atoms with Crippen LogP contribution < -0.4 is 18.5 Å². The number of anilines is 1. The smallest absolute Gasteiger partial charge is 0.416 e. The summed E-state index contributed by atoms with van der Waals surface area (Å²) in [5.74, 6) is -1.86. The van der Waals surface area contributed by atoms with Crippen molar-refractivity contribution in [1.82, 2.24) is 9.80 Å². The second kappa shape index (κ2) is 11.8. The summed E-state index contributed by atoms with van der Waals surface area (Å²) in [6.45, 7) is -0.580. The number of hydrogen-bond donors (Lipinski definition) is 0. The van der Waals surface area contributed by atoms with Crippen LogP contribution in [-0.4, -0.2) is 84.2 Å². The molecule has 246 valence electrons. The summed E-state index contributed by atoms with van der Waals surface area (Å²) >= 11 is 0. The van der Waals surface area contributed by atoms with Gasteiger partial charge in [0.2, 0.25) is 5.91 Å². The van der Waals surface area contributed by atoms with E-state index in [2.05, 4.69) is 0 Å². The minimum absolute atomic E-state index is 0.00107. The Kier molecular flexibility index (Phi) is 8.45. The first-order valence-corrected chi connectivity index (χ1v) is 15.4. The van der Waals surface area contributed by atoms with Crippen molar-refractivity contribution in [3.8, 4) is 17.2 Å². The molecule has 0 bridgehead atoms. The minimum atomic E-state index is -4.95. The highest BCUT2D eigenvalue weighted by molar-refractivity contribution is 7.93. The number of carbonyl (C=O) groups excluding carboxylic acids is 2. The van der Waals surface area contributed by atoms with Gasteiger partial charge in [-0.05, 0) is 36.4 Å². The number of methoxy groups -OCH3 is 3. The largest absolute Gasteiger partial charge is 0.497 e. The lowest BCUT2D eigenvalue weighted by atomic mass is 9.80. The molecule has 1 fully saturated rings. The third kappa shape index (κ3) is 5.01. The van der Waals surface area contributed by atoms with Crippen molar-refractivity contribution in [2.45, 2.75) is 35.2 Å². The van der Waals surface area contributed by atoms with Gasteiger partial charge in [0.1, 0.15) is 28.3 Å². The van der Waals surface area contributed by atoms with Crippen LogP contribution in [0.4, 0.5) is 23.2 Å². The highest BCUT2D eigenvalue weighted by Gasteiger charge is 2.64. The minimum Gasteiger partial charge on any atom is -0.497 e. The lowest BCUT2D eigenvalue weighted by Gasteiger charge is -2.42. The van der Waals surface area contributed by atoms with Crippen LogP contribution in [-0.2, 0) is 31.3 Å². The Morgan fingerprint density at radius 2 is 1.61 bits per heavy atom. The summed E-state index contributed by atoms with van der Waals surface area (Å²) in [7, 11) is 1.70. The molecule has 3 aromatic carbocycles. The van der Waals surface area contributed by atoms with Gasteiger partial charge in [0, 0.05) is 44.3 Å². The number of hydrogen-bond acceptors (Lipinski definition) is 8. The van der Waals surface area contributed by atoms with E-state index in [0.717, 1.165) is 17.0 Å². The third-order valence-electron chi connectivity index (χ3n) is 8.22. The van der Waals surface area contributed by atoms with Crippen LogP contribution in [0.15, 0.2) is 65.6 Å². The number of likely N-dealkylation sites (tertiary alicyclic amines) is 1. The Balaban J connectivity index is 1.91. The molecule has 1 unspecified atom stereocenters.